The molecule has 0 atom stereocenters. The van der Waals surface area contributed by atoms with E-state index in [1.807, 2.05) is 4.72 Å². The molecule has 0 radical (unpaired) electrons. The Labute approximate surface area is 164 Å². The Morgan fingerprint density at radius 3 is 2.26 bits per heavy atom. The maximum atomic E-state index is 13.1. The van der Waals surface area contributed by atoms with E-state index in [4.69, 9.17) is 23.2 Å². The zero-order chi connectivity index (χ0) is 19.8. The number of aromatic nitrogens is 2. The van der Waals surface area contributed by atoms with Gasteiger partial charge in [0.15, 0.2) is 0 Å². The van der Waals surface area contributed by atoms with Gasteiger partial charge in [0, 0.05) is 5.02 Å². The van der Waals surface area contributed by atoms with Crippen LogP contribution in [0.3, 0.4) is 0 Å². The van der Waals surface area contributed by atoms with Crippen molar-refractivity contribution >= 4 is 39.1 Å². The van der Waals surface area contributed by atoms with E-state index < -0.39 is 21.7 Å². The maximum absolute atomic E-state index is 13.1. The van der Waals surface area contributed by atoms with Gasteiger partial charge in [0.25, 0.3) is 15.9 Å². The summed E-state index contributed by atoms with van der Waals surface area (Å²) in [6, 6.07) is 10.6. The van der Waals surface area contributed by atoms with E-state index in [0.717, 1.165) is 0 Å². The lowest BCUT2D eigenvalue weighted by atomic mass is 10.2. The fraction of sp³-hybridized carbons (Fsp3) is 0.0588. The lowest BCUT2D eigenvalue weighted by molar-refractivity contribution is 0.0981. The van der Waals surface area contributed by atoms with Crippen LogP contribution in [0.1, 0.15) is 16.1 Å². The van der Waals surface area contributed by atoms with Gasteiger partial charge in [-0.15, -0.1) is 0 Å². The minimum Gasteiger partial charge on any atom is -0.268 e. The smallest absolute Gasteiger partial charge is 0.268 e. The molecule has 10 heteroatoms. The first kappa shape index (κ1) is 19.3. The number of carbonyl (C=O) groups excluding carboxylic acids is 1. The summed E-state index contributed by atoms with van der Waals surface area (Å²) in [6.45, 7) is 1.51. The molecule has 0 spiro atoms. The zero-order valence-electron chi connectivity index (χ0n) is 13.8. The number of rotatable bonds is 4. The van der Waals surface area contributed by atoms with Crippen molar-refractivity contribution in [2.75, 3.05) is 0 Å². The summed E-state index contributed by atoms with van der Waals surface area (Å²) in [4.78, 5) is 12.4. The monoisotopic (exact) mass is 427 g/mol. The summed E-state index contributed by atoms with van der Waals surface area (Å²) in [5.74, 6) is -1.37. The number of nitrogens with one attached hydrogen (secondary N) is 1. The Balaban J connectivity index is 1.93. The molecule has 27 heavy (non-hydrogen) atoms. The van der Waals surface area contributed by atoms with Gasteiger partial charge in [-0.2, -0.15) is 5.10 Å². The molecule has 6 nitrogen and oxygen atoms in total. The highest BCUT2D eigenvalue weighted by Crippen LogP contribution is 2.24. The van der Waals surface area contributed by atoms with Gasteiger partial charge in [0.2, 0.25) is 0 Å². The number of hydrogen-bond acceptors (Lipinski definition) is 4. The summed E-state index contributed by atoms with van der Waals surface area (Å²) in [6.07, 6.45) is 0. The molecule has 0 unspecified atom stereocenters. The third-order valence-electron chi connectivity index (χ3n) is 3.65. The van der Waals surface area contributed by atoms with E-state index in [0.29, 0.717) is 10.7 Å². The molecule has 1 amide bonds. The van der Waals surface area contributed by atoms with Gasteiger partial charge in [-0.25, -0.2) is 22.2 Å². The topological polar surface area (TPSA) is 81.1 Å². The second-order valence-corrected chi connectivity index (χ2v) is 8.00. The summed E-state index contributed by atoms with van der Waals surface area (Å²) >= 11 is 12.0. The van der Waals surface area contributed by atoms with E-state index >= 15 is 0 Å². The largest absolute Gasteiger partial charge is 0.270 e. The molecule has 1 heterocycles. The van der Waals surface area contributed by atoms with Crippen LogP contribution in [0.15, 0.2) is 53.4 Å². The molecule has 0 fully saturated rings. The number of carbonyl (C=O) groups is 1. The van der Waals surface area contributed by atoms with Crippen molar-refractivity contribution in [3.05, 3.63) is 75.8 Å². The molecule has 1 aromatic heterocycles. The van der Waals surface area contributed by atoms with Crippen LogP contribution >= 0.6 is 23.2 Å². The minimum atomic E-state index is -4.12. The second kappa shape index (κ2) is 7.30. The third kappa shape index (κ3) is 3.97. The minimum absolute atomic E-state index is 0.0945. The Bertz CT molecular complexity index is 1110. The van der Waals surface area contributed by atoms with Crippen molar-refractivity contribution in [1.82, 2.24) is 14.5 Å². The lowest BCUT2D eigenvalue weighted by Crippen LogP contribution is -2.31. The van der Waals surface area contributed by atoms with Gasteiger partial charge < -0.3 is 0 Å². The molecule has 0 aliphatic rings. The molecule has 3 aromatic rings. The molecule has 0 aliphatic carbocycles. The summed E-state index contributed by atoms with van der Waals surface area (Å²) in [7, 11) is -4.12. The quantitative estimate of drug-likeness (QED) is 0.687. The van der Waals surface area contributed by atoms with E-state index in [-0.39, 0.29) is 21.3 Å². The van der Waals surface area contributed by atoms with Crippen LogP contribution in [0.4, 0.5) is 4.39 Å². The van der Waals surface area contributed by atoms with Crippen LogP contribution in [-0.4, -0.2) is 24.1 Å². The van der Waals surface area contributed by atoms with E-state index in [2.05, 4.69) is 5.10 Å². The first-order valence-corrected chi connectivity index (χ1v) is 9.77. The molecule has 0 saturated carbocycles. The summed E-state index contributed by atoms with van der Waals surface area (Å²) < 4.78 is 41.0. The molecular formula is C17H12Cl2FN3O3S. The first-order valence-electron chi connectivity index (χ1n) is 7.53. The number of amides is 1. The predicted molar refractivity (Wildman–Crippen MR) is 99.4 cm³/mol. The highest BCUT2D eigenvalue weighted by molar-refractivity contribution is 7.90. The van der Waals surface area contributed by atoms with Gasteiger partial charge in [-0.05, 0) is 55.5 Å². The van der Waals surface area contributed by atoms with Crippen molar-refractivity contribution in [1.29, 1.82) is 0 Å². The average Bonchev–Trinajstić information content (AvgIpc) is 2.90. The van der Waals surface area contributed by atoms with Gasteiger partial charge >= 0.3 is 0 Å². The van der Waals surface area contributed by atoms with Crippen LogP contribution in [0, 0.1) is 12.7 Å². The normalized spacial score (nSPS) is 11.4. The lowest BCUT2D eigenvalue weighted by Gasteiger charge is -2.07. The summed E-state index contributed by atoms with van der Waals surface area (Å²) in [5, 5.41) is 4.40. The van der Waals surface area contributed by atoms with E-state index in [1.54, 1.807) is 0 Å². The zero-order valence-corrected chi connectivity index (χ0v) is 16.1. The van der Waals surface area contributed by atoms with Crippen molar-refractivity contribution in [3.8, 4) is 5.69 Å². The van der Waals surface area contributed by atoms with E-state index in [1.165, 1.54) is 60.1 Å². The van der Waals surface area contributed by atoms with E-state index in [9.17, 15) is 17.6 Å². The fourth-order valence-corrected chi connectivity index (χ4v) is 3.80. The second-order valence-electron chi connectivity index (χ2n) is 5.53. The molecule has 3 rings (SSSR count). The molecule has 140 valence electrons. The van der Waals surface area contributed by atoms with Crippen molar-refractivity contribution < 1.29 is 17.6 Å². The fourth-order valence-electron chi connectivity index (χ4n) is 2.36. The predicted octanol–water partition coefficient (Wildman–Crippen LogP) is 3.75. The van der Waals surface area contributed by atoms with Crippen LogP contribution in [0.2, 0.25) is 10.2 Å². The SMILES string of the molecule is Cc1nn(-c2ccc(F)cc2)c(Cl)c1C(=O)NS(=O)(=O)c1ccc(Cl)cc1. The Morgan fingerprint density at radius 2 is 1.67 bits per heavy atom. The number of aryl methyl sites for hydroxylation is 1. The Kier molecular flexibility index (Phi) is 5.23. The average molecular weight is 428 g/mol. The summed E-state index contributed by atoms with van der Waals surface area (Å²) in [5.41, 5.74) is 0.538. The van der Waals surface area contributed by atoms with Crippen LogP contribution in [0.25, 0.3) is 5.69 Å². The van der Waals surface area contributed by atoms with Crippen molar-refractivity contribution in [2.45, 2.75) is 11.8 Å². The van der Waals surface area contributed by atoms with Crippen molar-refractivity contribution in [2.24, 2.45) is 0 Å². The van der Waals surface area contributed by atoms with Gasteiger partial charge in [0.05, 0.1) is 16.3 Å². The van der Waals surface area contributed by atoms with Gasteiger partial charge in [-0.3, -0.25) is 4.79 Å². The van der Waals surface area contributed by atoms with Crippen LogP contribution in [-0.2, 0) is 10.0 Å². The van der Waals surface area contributed by atoms with Gasteiger partial charge in [0.1, 0.15) is 16.5 Å². The Morgan fingerprint density at radius 1 is 1.07 bits per heavy atom. The molecule has 0 saturated heterocycles. The standard InChI is InChI=1S/C17H12Cl2FN3O3S/c1-10-15(16(19)23(21-10)13-6-4-12(20)5-7-13)17(24)22-27(25,26)14-8-2-11(18)3-9-14/h2-9H,1H3,(H,22,24). The number of nitrogens with zero attached hydrogens (tertiary/aromatic N) is 2. The highest BCUT2D eigenvalue weighted by atomic mass is 35.5. The number of benzene rings is 2. The van der Waals surface area contributed by atoms with Crippen LogP contribution in [0.5, 0.6) is 0 Å². The number of hydrogen-bond donors (Lipinski definition) is 1. The Hall–Kier alpha value is -2.42. The third-order valence-corrected chi connectivity index (χ3v) is 5.60. The van der Waals surface area contributed by atoms with Crippen molar-refractivity contribution in [3.63, 3.8) is 0 Å². The molecule has 0 aliphatic heterocycles. The van der Waals surface area contributed by atoms with Crippen LogP contribution < -0.4 is 4.72 Å². The number of sulfonamides is 1. The molecular weight excluding hydrogens is 416 g/mol. The highest BCUT2D eigenvalue weighted by Gasteiger charge is 2.25. The molecule has 2 aromatic carbocycles. The maximum Gasteiger partial charge on any atom is 0.270 e. The number of halogens is 3. The van der Waals surface area contributed by atoms with Gasteiger partial charge in [-0.1, -0.05) is 23.2 Å². The molecule has 0 bridgehead atoms. The molecule has 1 N–H and O–H groups in total. The first-order chi connectivity index (χ1) is 12.7.